The molecule has 0 N–H and O–H groups in total. The van der Waals surface area contributed by atoms with Gasteiger partial charge in [-0.2, -0.15) is 0 Å². The molecule has 0 amide bonds. The summed E-state index contributed by atoms with van der Waals surface area (Å²) < 4.78 is -1.71. The van der Waals surface area contributed by atoms with Crippen LogP contribution in [0.3, 0.4) is 0 Å². The molecule has 0 unspecified atom stereocenters. The molecule has 4 rings (SSSR count). The van der Waals surface area contributed by atoms with Gasteiger partial charge in [-0.25, -0.2) is 0 Å². The molecule has 2 aromatic heterocycles. The molecule has 24 heavy (non-hydrogen) atoms. The highest BCUT2D eigenvalue weighted by atomic mass is 35.5. The van der Waals surface area contributed by atoms with E-state index < -0.39 is 4.21 Å². The van der Waals surface area contributed by atoms with E-state index in [1.807, 2.05) is 30.3 Å². The second-order valence-corrected chi connectivity index (χ2v) is 7.60. The van der Waals surface area contributed by atoms with Crippen LogP contribution in [0.25, 0.3) is 16.0 Å². The Morgan fingerprint density at radius 1 is 0.958 bits per heavy atom. The molecule has 1 aliphatic rings. The molecule has 3 heterocycles. The van der Waals surface area contributed by atoms with E-state index in [4.69, 9.17) is 11.6 Å². The Balaban J connectivity index is 1.86. The van der Waals surface area contributed by atoms with Gasteiger partial charge in [-0.1, -0.05) is 35.1 Å². The summed E-state index contributed by atoms with van der Waals surface area (Å²) in [4.78, 5) is 4.88. The van der Waals surface area contributed by atoms with Gasteiger partial charge in [0, 0.05) is 33.3 Å². The number of hydrogen-bond donors (Lipinski definition) is 0. The van der Waals surface area contributed by atoms with Gasteiger partial charge in [0.15, 0.2) is 0 Å². The Morgan fingerprint density at radius 2 is 1.67 bits per heavy atom. The van der Waals surface area contributed by atoms with Crippen molar-refractivity contribution in [1.29, 1.82) is 0 Å². The second kappa shape index (κ2) is 6.00. The lowest BCUT2D eigenvalue weighted by Gasteiger charge is -2.43. The lowest BCUT2D eigenvalue weighted by molar-refractivity contribution is 0.829. The minimum Gasteiger partial charge on any atom is -0.613 e. The van der Waals surface area contributed by atoms with Crippen molar-refractivity contribution in [2.75, 3.05) is 0 Å². The number of fused-ring (bicyclic) bond motifs is 1. The molecule has 120 valence electrons. The van der Waals surface area contributed by atoms with Crippen LogP contribution in [0.1, 0.15) is 11.1 Å². The van der Waals surface area contributed by atoms with Gasteiger partial charge >= 0.3 is 0 Å². The number of rotatable bonds is 2. The number of aromatic nitrogens is 1. The van der Waals surface area contributed by atoms with Crippen LogP contribution in [-0.2, 0) is 0 Å². The van der Waals surface area contributed by atoms with Crippen molar-refractivity contribution in [3.8, 4) is 10.4 Å². The fourth-order valence-corrected chi connectivity index (χ4v) is 4.62. The number of thiophene rings is 1. The maximum atomic E-state index is 12.3. The molecule has 1 aromatic carbocycles. The molecule has 3 aromatic rings. The van der Waals surface area contributed by atoms with Crippen molar-refractivity contribution < 1.29 is 0 Å². The van der Waals surface area contributed by atoms with Gasteiger partial charge in [-0.3, -0.25) is 9.20 Å². The molecule has 0 bridgehead atoms. The third-order valence-electron chi connectivity index (χ3n) is 3.68. The van der Waals surface area contributed by atoms with Crippen LogP contribution in [0.4, 0.5) is 5.00 Å². The van der Waals surface area contributed by atoms with E-state index in [0.717, 1.165) is 21.6 Å². The van der Waals surface area contributed by atoms with Crippen molar-refractivity contribution in [1.82, 2.24) is 9.20 Å². The summed E-state index contributed by atoms with van der Waals surface area (Å²) >= 11 is 7.89. The zero-order chi connectivity index (χ0) is 16.7. The second-order valence-electron chi connectivity index (χ2n) is 5.21. The molecule has 0 saturated carbocycles. The van der Waals surface area contributed by atoms with Crippen LogP contribution >= 0.6 is 34.9 Å². The average molecular weight is 374 g/mol. The van der Waals surface area contributed by atoms with Gasteiger partial charge in [0.2, 0.25) is 5.00 Å². The Hall–Kier alpha value is -1.67. The highest BCUT2D eigenvalue weighted by Gasteiger charge is 2.29. The number of hydrogen-bond acceptors (Lipinski definition) is 5. The maximum absolute atomic E-state index is 12.3. The molecule has 0 aliphatic carbocycles. The van der Waals surface area contributed by atoms with E-state index in [9.17, 15) is 10.4 Å². The largest absolute Gasteiger partial charge is 0.613 e. The van der Waals surface area contributed by atoms with Crippen molar-refractivity contribution >= 4 is 45.5 Å². The molecule has 7 heteroatoms. The summed E-state index contributed by atoms with van der Waals surface area (Å²) in [5.74, 6) is 0. The molecule has 0 radical (unpaired) electrons. The Bertz CT molecular complexity index is 922. The van der Waals surface area contributed by atoms with Crippen molar-refractivity contribution in [2.24, 2.45) is 0 Å². The Kier molecular flexibility index (Phi) is 3.96. The number of halogens is 1. The first-order valence-electron chi connectivity index (χ1n) is 7.05. The smallest absolute Gasteiger partial charge is 0.208 e. The highest BCUT2D eigenvalue weighted by Crippen LogP contribution is 2.51. The minimum atomic E-state index is -1.71. The predicted molar refractivity (Wildman–Crippen MR) is 102 cm³/mol. The van der Waals surface area contributed by atoms with Gasteiger partial charge < -0.3 is 10.4 Å². The van der Waals surface area contributed by atoms with Gasteiger partial charge in [0.1, 0.15) is 11.9 Å². The molecule has 0 atom stereocenters. The zero-order valence-electron chi connectivity index (χ0n) is 12.2. The molecular formula is C17H10ClN2O2S2-. The third kappa shape index (κ3) is 2.77. The van der Waals surface area contributed by atoms with Crippen molar-refractivity contribution in [2.45, 2.75) is 0 Å². The summed E-state index contributed by atoms with van der Waals surface area (Å²) in [6.45, 7) is 0. The van der Waals surface area contributed by atoms with Crippen molar-refractivity contribution in [3.05, 3.63) is 86.8 Å². The van der Waals surface area contributed by atoms with E-state index >= 15 is 0 Å². The SMILES string of the molecule is [O-][N+]1([O-])SC=C(c2ccc(Cl)cc2)c2cc(-c3ccncc3)sc21. The normalized spacial score (nSPS) is 15.7. The van der Waals surface area contributed by atoms with Crippen LogP contribution < -0.4 is 4.21 Å². The molecule has 0 fully saturated rings. The van der Waals surface area contributed by atoms with Crippen LogP contribution in [0, 0.1) is 10.4 Å². The number of quaternary nitrogens is 1. The van der Waals surface area contributed by atoms with Gasteiger partial charge in [0.25, 0.3) is 0 Å². The quantitative estimate of drug-likeness (QED) is 0.322. The first-order valence-corrected chi connectivity index (χ1v) is 9.08. The highest BCUT2D eigenvalue weighted by molar-refractivity contribution is 8.02. The predicted octanol–water partition coefficient (Wildman–Crippen LogP) is 5.82. The fourth-order valence-electron chi connectivity index (χ4n) is 2.52. The lowest BCUT2D eigenvalue weighted by atomic mass is 10.0. The summed E-state index contributed by atoms with van der Waals surface area (Å²) in [5, 5.41) is 27.1. The van der Waals surface area contributed by atoms with Crippen LogP contribution in [0.5, 0.6) is 0 Å². The van der Waals surface area contributed by atoms with Gasteiger partial charge in [-0.15, -0.1) is 0 Å². The first kappa shape index (κ1) is 15.8. The van der Waals surface area contributed by atoms with E-state index in [-0.39, 0.29) is 5.00 Å². The maximum Gasteiger partial charge on any atom is 0.208 e. The number of pyridine rings is 1. The van der Waals surface area contributed by atoms with Crippen molar-refractivity contribution in [3.63, 3.8) is 0 Å². The average Bonchev–Trinajstić information content (AvgIpc) is 3.04. The van der Waals surface area contributed by atoms with Crippen LogP contribution in [0.2, 0.25) is 5.02 Å². The van der Waals surface area contributed by atoms with E-state index in [1.165, 1.54) is 11.3 Å². The molecule has 0 saturated heterocycles. The molecule has 1 aliphatic heterocycles. The molecule has 0 spiro atoms. The zero-order valence-corrected chi connectivity index (χ0v) is 14.6. The van der Waals surface area contributed by atoms with E-state index in [2.05, 4.69) is 4.98 Å². The summed E-state index contributed by atoms with van der Waals surface area (Å²) in [6, 6.07) is 13.0. The summed E-state index contributed by atoms with van der Waals surface area (Å²) in [7, 11) is 0. The summed E-state index contributed by atoms with van der Waals surface area (Å²) in [5.41, 5.74) is 3.40. The minimum absolute atomic E-state index is 0.249. The molecular weight excluding hydrogens is 364 g/mol. The number of benzene rings is 1. The number of nitrogens with zero attached hydrogens (tertiary/aromatic N) is 2. The third-order valence-corrected chi connectivity index (χ3v) is 6.08. The van der Waals surface area contributed by atoms with Gasteiger partial charge in [0.05, 0.1) is 5.56 Å². The van der Waals surface area contributed by atoms with Crippen LogP contribution in [-0.4, -0.2) is 4.98 Å². The standard InChI is InChI=1S/C17H10ClN2O2S2/c18-13-3-1-11(2-4-13)15-10-23-20(21,22)17-14(15)9-16(24-17)12-5-7-19-8-6-12/h1-10H/q-1. The first-order chi connectivity index (χ1) is 11.5. The molecule has 4 nitrogen and oxygen atoms in total. The van der Waals surface area contributed by atoms with E-state index in [1.54, 1.807) is 29.9 Å². The monoisotopic (exact) mass is 373 g/mol. The Morgan fingerprint density at radius 3 is 2.38 bits per heavy atom. The van der Waals surface area contributed by atoms with E-state index in [0.29, 0.717) is 22.5 Å². The Labute approximate surface area is 151 Å². The van der Waals surface area contributed by atoms with Crippen LogP contribution in [0.15, 0.2) is 60.3 Å². The topological polar surface area (TPSA) is 59.0 Å². The lowest BCUT2D eigenvalue weighted by Crippen LogP contribution is -2.27. The van der Waals surface area contributed by atoms with Gasteiger partial charge in [-0.05, 0) is 41.5 Å². The summed E-state index contributed by atoms with van der Waals surface area (Å²) in [6.07, 6.45) is 3.38. The fraction of sp³-hybridized carbons (Fsp3) is 0.